The smallest absolute Gasteiger partial charge is 0.243 e. The second-order valence-electron chi connectivity index (χ2n) is 6.25. The highest BCUT2D eigenvalue weighted by Gasteiger charge is 2.41. The fourth-order valence-electron chi connectivity index (χ4n) is 3.79. The molecule has 0 aromatic rings. The summed E-state index contributed by atoms with van der Waals surface area (Å²) in [6.45, 7) is 1.13. The normalized spacial score (nSPS) is 36.0. The highest BCUT2D eigenvalue weighted by Crippen LogP contribution is 2.40. The first-order chi connectivity index (χ1) is 10.6. The molecular formula is C15H22N4O2S. The van der Waals surface area contributed by atoms with Crippen LogP contribution >= 0.6 is 0 Å². The summed E-state index contributed by atoms with van der Waals surface area (Å²) in [6.07, 6.45) is 8.27. The quantitative estimate of drug-likeness (QED) is 0.788. The molecule has 1 aliphatic carbocycles. The van der Waals surface area contributed by atoms with Crippen LogP contribution in [0.4, 0.5) is 0 Å². The number of nitrogens with two attached hydrogens (primary N) is 1. The number of rotatable bonds is 3. The Kier molecular flexibility index (Phi) is 4.54. The summed E-state index contributed by atoms with van der Waals surface area (Å²) in [4.78, 5) is 17.2. The minimum atomic E-state index is -0.995. The number of allylic oxidation sites excluding steroid dienone is 1. The Bertz CT molecular complexity index is 584. The van der Waals surface area contributed by atoms with Crippen LogP contribution in [0, 0.1) is 23.7 Å². The van der Waals surface area contributed by atoms with Gasteiger partial charge in [0.05, 0.1) is 21.4 Å². The summed E-state index contributed by atoms with van der Waals surface area (Å²) in [5.74, 6) is 0.914. The van der Waals surface area contributed by atoms with Crippen molar-refractivity contribution in [2.24, 2.45) is 39.5 Å². The molecule has 0 bridgehead atoms. The number of hydrogen-bond acceptors (Lipinski definition) is 5. The zero-order chi connectivity index (χ0) is 15.7. The third-order valence-electron chi connectivity index (χ3n) is 5.02. The van der Waals surface area contributed by atoms with Crippen LogP contribution in [0.2, 0.25) is 0 Å². The van der Waals surface area contributed by atoms with Crippen LogP contribution in [0.1, 0.15) is 19.3 Å². The zero-order valence-electron chi connectivity index (χ0n) is 12.7. The molecule has 0 radical (unpaired) electrons. The van der Waals surface area contributed by atoms with Crippen molar-refractivity contribution >= 4 is 28.6 Å². The summed E-state index contributed by atoms with van der Waals surface area (Å²) >= 11 is 0. The number of hydrogen-bond donors (Lipinski definition) is 2. The summed E-state index contributed by atoms with van der Waals surface area (Å²) in [5, 5.41) is 4.13. The molecule has 3 N–H and O–H groups in total. The van der Waals surface area contributed by atoms with Crippen molar-refractivity contribution in [3.05, 3.63) is 11.0 Å². The Morgan fingerprint density at radius 2 is 2.23 bits per heavy atom. The molecule has 5 atom stereocenters. The van der Waals surface area contributed by atoms with Crippen LogP contribution in [0.25, 0.3) is 0 Å². The first kappa shape index (κ1) is 15.6. The van der Waals surface area contributed by atoms with Gasteiger partial charge in [0.25, 0.3) is 0 Å². The van der Waals surface area contributed by atoms with Crippen LogP contribution < -0.4 is 11.2 Å². The molecule has 7 heteroatoms. The minimum absolute atomic E-state index is 0.00292. The third-order valence-corrected chi connectivity index (χ3v) is 5.93. The van der Waals surface area contributed by atoms with E-state index < -0.39 is 10.8 Å². The van der Waals surface area contributed by atoms with Gasteiger partial charge in [0.2, 0.25) is 5.91 Å². The SMILES string of the molecule is CS(=O)C1=CC([C@@H]2CCC3C(=O)NN=C(CN)C3C2)CN=C1. The van der Waals surface area contributed by atoms with Crippen molar-refractivity contribution in [1.29, 1.82) is 0 Å². The number of carbonyl (C=O) groups excluding carboxylic acids is 1. The molecule has 120 valence electrons. The molecule has 0 aromatic carbocycles. The summed E-state index contributed by atoms with van der Waals surface area (Å²) in [6, 6.07) is 0. The van der Waals surface area contributed by atoms with Crippen molar-refractivity contribution in [3.8, 4) is 0 Å². The van der Waals surface area contributed by atoms with Crippen molar-refractivity contribution in [3.63, 3.8) is 0 Å². The zero-order valence-corrected chi connectivity index (χ0v) is 13.5. The van der Waals surface area contributed by atoms with Gasteiger partial charge < -0.3 is 5.73 Å². The van der Waals surface area contributed by atoms with E-state index in [0.29, 0.717) is 18.4 Å². The van der Waals surface area contributed by atoms with Crippen molar-refractivity contribution in [1.82, 2.24) is 5.43 Å². The minimum Gasteiger partial charge on any atom is -0.325 e. The van der Waals surface area contributed by atoms with E-state index >= 15 is 0 Å². The Labute approximate surface area is 132 Å². The molecule has 1 saturated carbocycles. The van der Waals surface area contributed by atoms with E-state index in [4.69, 9.17) is 5.73 Å². The molecular weight excluding hydrogens is 300 g/mol. The van der Waals surface area contributed by atoms with E-state index in [1.807, 2.05) is 0 Å². The highest BCUT2D eigenvalue weighted by molar-refractivity contribution is 7.89. The van der Waals surface area contributed by atoms with Crippen molar-refractivity contribution in [2.45, 2.75) is 19.3 Å². The molecule has 1 amide bonds. The van der Waals surface area contributed by atoms with Gasteiger partial charge in [-0.05, 0) is 25.2 Å². The summed E-state index contributed by atoms with van der Waals surface area (Å²) in [7, 11) is -0.995. The lowest BCUT2D eigenvalue weighted by Gasteiger charge is -2.40. The standard InChI is InChI=1S/C15H22N4O2S/c1-22(21)11-4-10(7-17-8-11)9-2-3-12-13(5-9)14(6-16)18-19-15(12)20/h4,8-10,12-13H,2-3,5-7,16H2,1H3,(H,19,20)/t9-,10?,12?,13?,22?/m1/s1. The molecule has 2 heterocycles. The maximum atomic E-state index is 12.0. The Balaban J connectivity index is 1.77. The molecule has 0 saturated heterocycles. The van der Waals surface area contributed by atoms with Crippen LogP contribution in [0.15, 0.2) is 21.1 Å². The van der Waals surface area contributed by atoms with E-state index in [0.717, 1.165) is 36.4 Å². The molecule has 6 nitrogen and oxygen atoms in total. The van der Waals surface area contributed by atoms with Gasteiger partial charge in [0, 0.05) is 43.3 Å². The second-order valence-corrected chi connectivity index (χ2v) is 7.63. The number of dihydropyridines is 1. The van der Waals surface area contributed by atoms with E-state index in [9.17, 15) is 9.00 Å². The Morgan fingerprint density at radius 1 is 1.41 bits per heavy atom. The van der Waals surface area contributed by atoms with Gasteiger partial charge >= 0.3 is 0 Å². The van der Waals surface area contributed by atoms with Gasteiger partial charge in [-0.1, -0.05) is 6.08 Å². The maximum Gasteiger partial charge on any atom is 0.243 e. The molecule has 0 aromatic heterocycles. The fraction of sp³-hybridized carbons (Fsp3) is 0.667. The highest BCUT2D eigenvalue weighted by atomic mass is 32.2. The van der Waals surface area contributed by atoms with Crippen molar-refractivity contribution in [2.75, 3.05) is 19.3 Å². The van der Waals surface area contributed by atoms with Crippen LogP contribution in [-0.4, -0.2) is 41.4 Å². The maximum absolute atomic E-state index is 12.0. The van der Waals surface area contributed by atoms with E-state index in [-0.39, 0.29) is 17.7 Å². The summed E-state index contributed by atoms with van der Waals surface area (Å²) in [5.41, 5.74) is 9.28. The van der Waals surface area contributed by atoms with Crippen molar-refractivity contribution < 1.29 is 9.00 Å². The molecule has 1 fully saturated rings. The monoisotopic (exact) mass is 322 g/mol. The lowest BCUT2D eigenvalue weighted by atomic mass is 9.67. The second kappa shape index (κ2) is 6.42. The van der Waals surface area contributed by atoms with Gasteiger partial charge in [0.15, 0.2) is 0 Å². The van der Waals surface area contributed by atoms with Crippen LogP contribution in [0.5, 0.6) is 0 Å². The third kappa shape index (κ3) is 2.92. The summed E-state index contributed by atoms with van der Waals surface area (Å²) < 4.78 is 11.7. The van der Waals surface area contributed by atoms with E-state index in [2.05, 4.69) is 21.6 Å². The molecule has 22 heavy (non-hydrogen) atoms. The lowest BCUT2D eigenvalue weighted by molar-refractivity contribution is -0.128. The molecule has 4 unspecified atom stereocenters. The molecule has 0 spiro atoms. The first-order valence-electron chi connectivity index (χ1n) is 7.71. The van der Waals surface area contributed by atoms with Gasteiger partial charge in [-0.15, -0.1) is 0 Å². The van der Waals surface area contributed by atoms with Gasteiger partial charge in [-0.2, -0.15) is 5.10 Å². The predicted octanol–water partition coefficient (Wildman–Crippen LogP) is 0.426. The van der Waals surface area contributed by atoms with Crippen LogP contribution in [0.3, 0.4) is 0 Å². The molecule has 3 rings (SSSR count). The van der Waals surface area contributed by atoms with E-state index in [1.54, 1.807) is 12.5 Å². The largest absolute Gasteiger partial charge is 0.325 e. The average molecular weight is 322 g/mol. The van der Waals surface area contributed by atoms with Crippen LogP contribution in [-0.2, 0) is 15.6 Å². The number of amides is 1. The number of nitrogens with zero attached hydrogens (tertiary/aromatic N) is 2. The topological polar surface area (TPSA) is 96.9 Å². The number of hydrazone groups is 1. The number of fused-ring (bicyclic) bond motifs is 1. The predicted molar refractivity (Wildman–Crippen MR) is 88.0 cm³/mol. The first-order valence-corrected chi connectivity index (χ1v) is 9.27. The fourth-order valence-corrected chi connectivity index (χ4v) is 4.38. The molecule has 2 aliphatic heterocycles. The van der Waals surface area contributed by atoms with Gasteiger partial charge in [0.1, 0.15) is 0 Å². The lowest BCUT2D eigenvalue weighted by Crippen LogP contribution is -2.47. The van der Waals surface area contributed by atoms with E-state index in [1.165, 1.54) is 0 Å². The Morgan fingerprint density at radius 3 is 2.95 bits per heavy atom. The average Bonchev–Trinajstić information content (AvgIpc) is 2.55. The number of carbonyl (C=O) groups is 1. The van der Waals surface area contributed by atoms with Gasteiger partial charge in [-0.3, -0.25) is 14.0 Å². The number of nitrogens with one attached hydrogen (secondary N) is 1. The molecule has 3 aliphatic rings. The number of aliphatic imine (C=N–C) groups is 1. The van der Waals surface area contributed by atoms with Gasteiger partial charge in [-0.25, -0.2) is 5.43 Å². The Hall–Kier alpha value is -1.34.